The molecule has 2 aromatic heterocycles. The highest BCUT2D eigenvalue weighted by Crippen LogP contribution is 2.31. The maximum absolute atomic E-state index is 12.8. The van der Waals surface area contributed by atoms with Crippen LogP contribution in [0.5, 0.6) is 0 Å². The molecular formula is C15H9ClN4O3S. The van der Waals surface area contributed by atoms with Gasteiger partial charge in [-0.15, -0.1) is 0 Å². The number of nitrogens with one attached hydrogen (secondary N) is 1. The van der Waals surface area contributed by atoms with Crippen molar-refractivity contribution in [1.29, 1.82) is 0 Å². The minimum atomic E-state index is -3.95. The second-order valence-electron chi connectivity index (χ2n) is 4.93. The summed E-state index contributed by atoms with van der Waals surface area (Å²) in [5.74, 6) is 0.0245. The lowest BCUT2D eigenvalue weighted by atomic mass is 10.2. The van der Waals surface area contributed by atoms with Gasteiger partial charge in [0.25, 0.3) is 10.0 Å². The molecule has 0 aliphatic heterocycles. The van der Waals surface area contributed by atoms with Gasteiger partial charge in [0.1, 0.15) is 10.4 Å². The Bertz CT molecular complexity index is 1170. The summed E-state index contributed by atoms with van der Waals surface area (Å²) in [4.78, 5) is 8.21. The highest BCUT2D eigenvalue weighted by molar-refractivity contribution is 7.93. The molecule has 0 saturated carbocycles. The van der Waals surface area contributed by atoms with Crippen molar-refractivity contribution in [2.45, 2.75) is 4.90 Å². The first-order valence-electron chi connectivity index (χ1n) is 6.83. The Morgan fingerprint density at radius 1 is 1.04 bits per heavy atom. The zero-order valence-corrected chi connectivity index (χ0v) is 13.5. The van der Waals surface area contributed by atoms with E-state index in [4.69, 9.17) is 16.1 Å². The van der Waals surface area contributed by atoms with Crippen molar-refractivity contribution in [3.8, 4) is 0 Å². The molecular weight excluding hydrogens is 352 g/mol. The first kappa shape index (κ1) is 14.9. The van der Waals surface area contributed by atoms with Crippen LogP contribution in [-0.4, -0.2) is 23.5 Å². The molecule has 0 saturated heterocycles. The van der Waals surface area contributed by atoms with Gasteiger partial charge in [-0.1, -0.05) is 28.9 Å². The molecule has 0 bridgehead atoms. The van der Waals surface area contributed by atoms with Gasteiger partial charge in [-0.05, 0) is 24.3 Å². The van der Waals surface area contributed by atoms with E-state index in [-0.39, 0.29) is 16.2 Å². The zero-order valence-electron chi connectivity index (χ0n) is 12.0. The number of hydrogen-bond donors (Lipinski definition) is 1. The molecule has 2 heterocycles. The van der Waals surface area contributed by atoms with E-state index >= 15 is 0 Å². The lowest BCUT2D eigenvalue weighted by molar-refractivity contribution is 0.460. The maximum atomic E-state index is 12.8. The van der Waals surface area contributed by atoms with Gasteiger partial charge in [0.15, 0.2) is 11.4 Å². The van der Waals surface area contributed by atoms with Crippen LogP contribution < -0.4 is 4.72 Å². The summed E-state index contributed by atoms with van der Waals surface area (Å²) in [7, 11) is -3.95. The second kappa shape index (κ2) is 5.43. The normalized spacial score (nSPS) is 11.9. The molecule has 0 fully saturated rings. The van der Waals surface area contributed by atoms with E-state index in [0.29, 0.717) is 21.5 Å². The number of benzene rings is 2. The molecule has 4 aromatic rings. The number of halogens is 1. The van der Waals surface area contributed by atoms with E-state index in [0.717, 1.165) is 0 Å². The molecule has 4 rings (SSSR count). The fourth-order valence-electron chi connectivity index (χ4n) is 2.39. The molecule has 24 heavy (non-hydrogen) atoms. The Hall–Kier alpha value is -2.71. The van der Waals surface area contributed by atoms with Crippen molar-refractivity contribution in [1.82, 2.24) is 15.1 Å². The minimum absolute atomic E-state index is 0.00342. The van der Waals surface area contributed by atoms with Gasteiger partial charge in [-0.25, -0.2) is 8.42 Å². The van der Waals surface area contributed by atoms with Crippen LogP contribution in [0.1, 0.15) is 0 Å². The van der Waals surface area contributed by atoms with E-state index in [1.54, 1.807) is 30.3 Å². The number of nitrogens with zero attached hydrogens (tertiary/aromatic N) is 3. The summed E-state index contributed by atoms with van der Waals surface area (Å²) < 4.78 is 33.0. The summed E-state index contributed by atoms with van der Waals surface area (Å²) in [6.45, 7) is 0. The zero-order chi connectivity index (χ0) is 16.7. The average Bonchev–Trinajstić information content (AvgIpc) is 2.98. The molecule has 0 unspecified atom stereocenters. The summed E-state index contributed by atoms with van der Waals surface area (Å²) in [5.41, 5.74) is 1.13. The van der Waals surface area contributed by atoms with Gasteiger partial charge >= 0.3 is 0 Å². The number of rotatable bonds is 3. The third-order valence-electron chi connectivity index (χ3n) is 3.43. The van der Waals surface area contributed by atoms with Gasteiger partial charge in [-0.3, -0.25) is 14.7 Å². The van der Waals surface area contributed by atoms with Crippen LogP contribution in [0.4, 0.5) is 5.82 Å². The monoisotopic (exact) mass is 360 g/mol. The number of fused-ring (bicyclic) bond motifs is 2. The van der Waals surface area contributed by atoms with Crippen LogP contribution in [0, 0.1) is 0 Å². The molecule has 0 radical (unpaired) electrons. The van der Waals surface area contributed by atoms with E-state index in [1.165, 1.54) is 18.5 Å². The Balaban J connectivity index is 1.86. The number of aromatic nitrogens is 3. The van der Waals surface area contributed by atoms with Gasteiger partial charge in [-0.2, -0.15) is 0 Å². The Kier molecular flexibility index (Phi) is 3.36. The largest absolute Gasteiger partial charge is 0.354 e. The van der Waals surface area contributed by atoms with Crippen molar-refractivity contribution in [3.63, 3.8) is 0 Å². The molecule has 0 amide bonds. The van der Waals surface area contributed by atoms with Crippen LogP contribution in [-0.2, 0) is 10.0 Å². The summed E-state index contributed by atoms with van der Waals surface area (Å²) in [6.07, 6.45) is 2.93. The average molecular weight is 361 g/mol. The second-order valence-corrected chi connectivity index (χ2v) is 6.99. The fourth-order valence-corrected chi connectivity index (χ4v) is 3.81. The van der Waals surface area contributed by atoms with Crippen LogP contribution in [0.25, 0.3) is 22.0 Å². The highest BCUT2D eigenvalue weighted by Gasteiger charge is 2.22. The maximum Gasteiger partial charge on any atom is 0.265 e. The molecule has 1 N–H and O–H groups in total. The molecule has 0 atom stereocenters. The van der Waals surface area contributed by atoms with Crippen molar-refractivity contribution >= 4 is 49.4 Å². The number of hydrogen-bond acceptors (Lipinski definition) is 6. The topological polar surface area (TPSA) is 98.0 Å². The Labute approximate surface area is 141 Å². The van der Waals surface area contributed by atoms with Crippen molar-refractivity contribution < 1.29 is 12.9 Å². The first-order chi connectivity index (χ1) is 11.6. The lowest BCUT2D eigenvalue weighted by Gasteiger charge is -2.07. The van der Waals surface area contributed by atoms with E-state index in [9.17, 15) is 8.42 Å². The van der Waals surface area contributed by atoms with Gasteiger partial charge in [0.2, 0.25) is 0 Å². The van der Waals surface area contributed by atoms with E-state index in [1.807, 2.05) is 0 Å². The van der Waals surface area contributed by atoms with Crippen LogP contribution >= 0.6 is 11.6 Å². The predicted molar refractivity (Wildman–Crippen MR) is 89.4 cm³/mol. The van der Waals surface area contributed by atoms with E-state index in [2.05, 4.69) is 19.8 Å². The van der Waals surface area contributed by atoms with Crippen molar-refractivity contribution in [2.24, 2.45) is 0 Å². The SMILES string of the molecule is O=S(=O)(Nc1noc2cccc(Cl)c12)c1cccc2nccnc12. The summed E-state index contributed by atoms with van der Waals surface area (Å²) in [5, 5.41) is 4.50. The molecule has 2 aromatic carbocycles. The van der Waals surface area contributed by atoms with Gasteiger partial charge < -0.3 is 4.52 Å². The van der Waals surface area contributed by atoms with Crippen molar-refractivity contribution in [3.05, 3.63) is 53.8 Å². The summed E-state index contributed by atoms with van der Waals surface area (Å²) >= 11 is 6.12. The Morgan fingerprint density at radius 3 is 2.71 bits per heavy atom. The molecule has 0 spiro atoms. The van der Waals surface area contributed by atoms with E-state index < -0.39 is 10.0 Å². The first-order valence-corrected chi connectivity index (χ1v) is 8.69. The van der Waals surface area contributed by atoms with Crippen molar-refractivity contribution in [2.75, 3.05) is 4.72 Å². The highest BCUT2D eigenvalue weighted by atomic mass is 35.5. The molecule has 0 aliphatic carbocycles. The molecule has 120 valence electrons. The number of anilines is 1. The van der Waals surface area contributed by atoms with Crippen LogP contribution in [0.15, 0.2) is 58.2 Å². The summed E-state index contributed by atoms with van der Waals surface area (Å²) in [6, 6.07) is 9.69. The van der Waals surface area contributed by atoms with Crippen LogP contribution in [0.2, 0.25) is 5.02 Å². The smallest absolute Gasteiger partial charge is 0.265 e. The fraction of sp³-hybridized carbons (Fsp3) is 0. The molecule has 7 nitrogen and oxygen atoms in total. The number of sulfonamides is 1. The van der Waals surface area contributed by atoms with Crippen LogP contribution in [0.3, 0.4) is 0 Å². The Morgan fingerprint density at radius 2 is 1.83 bits per heavy atom. The standard InChI is InChI=1S/C15H9ClN4O3S/c16-9-3-1-5-11-13(9)15(19-23-11)20-24(21,22)12-6-2-4-10-14(12)18-8-7-17-10/h1-8H,(H,19,20). The third-order valence-corrected chi connectivity index (χ3v) is 5.12. The lowest BCUT2D eigenvalue weighted by Crippen LogP contribution is -2.14. The molecule has 9 heteroatoms. The molecule has 0 aliphatic rings. The minimum Gasteiger partial charge on any atom is -0.354 e. The van der Waals surface area contributed by atoms with Gasteiger partial charge in [0, 0.05) is 12.4 Å². The predicted octanol–water partition coefficient (Wildman–Crippen LogP) is 3.23. The van der Waals surface area contributed by atoms with Gasteiger partial charge in [0.05, 0.1) is 15.9 Å². The third kappa shape index (κ3) is 2.36. The number of para-hydroxylation sites is 1. The quantitative estimate of drug-likeness (QED) is 0.602.